The predicted molar refractivity (Wildman–Crippen MR) is 66.3 cm³/mol. The number of amides is 1. The largest absolute Gasteiger partial charge is 0.415 e. The van der Waals surface area contributed by atoms with Crippen molar-refractivity contribution in [2.45, 2.75) is 32.2 Å². The van der Waals surface area contributed by atoms with Gasteiger partial charge in [0.1, 0.15) is 5.76 Å². The molecule has 1 N–H and O–H groups in total. The van der Waals surface area contributed by atoms with Crippen LogP contribution in [0.1, 0.15) is 31.2 Å². The summed E-state index contributed by atoms with van der Waals surface area (Å²) in [7, 11) is 0. The van der Waals surface area contributed by atoms with Crippen molar-refractivity contribution < 1.29 is 9.53 Å². The Hall–Kier alpha value is -1.77. The van der Waals surface area contributed by atoms with Crippen molar-refractivity contribution in [3.63, 3.8) is 0 Å². The summed E-state index contributed by atoms with van der Waals surface area (Å²) in [6, 6.07) is 9.80. The van der Waals surface area contributed by atoms with Crippen LogP contribution in [0.5, 0.6) is 0 Å². The van der Waals surface area contributed by atoms with E-state index in [0.717, 1.165) is 30.6 Å². The number of benzene rings is 1. The molecule has 1 aliphatic carbocycles. The Bertz CT molecular complexity index is 398. The molecule has 0 fully saturated rings. The first kappa shape index (κ1) is 11.7. The van der Waals surface area contributed by atoms with Gasteiger partial charge in [0.25, 0.3) is 0 Å². The topological polar surface area (TPSA) is 38.3 Å². The van der Waals surface area contributed by atoms with Crippen LogP contribution in [0.2, 0.25) is 0 Å². The second kappa shape index (κ2) is 6.09. The first-order valence-corrected chi connectivity index (χ1v) is 6.03. The zero-order valence-electron chi connectivity index (χ0n) is 9.82. The second-order valence-corrected chi connectivity index (χ2v) is 4.14. The molecule has 0 radical (unpaired) electrons. The standard InChI is InChI=1S/C14H17NO2/c16-14(17-13-9-5-2-6-10-13)15-11-12-7-3-1-4-8-12/h1,3-4,7-9H,2,5-6,10-11H2,(H,15,16). The maximum atomic E-state index is 11.5. The summed E-state index contributed by atoms with van der Waals surface area (Å²) in [6.45, 7) is 0.507. The molecule has 1 aliphatic rings. The van der Waals surface area contributed by atoms with Gasteiger partial charge in [-0.3, -0.25) is 0 Å². The van der Waals surface area contributed by atoms with Gasteiger partial charge in [-0.2, -0.15) is 0 Å². The van der Waals surface area contributed by atoms with Gasteiger partial charge < -0.3 is 10.1 Å². The third-order valence-corrected chi connectivity index (χ3v) is 2.75. The minimum absolute atomic E-state index is 0.359. The van der Waals surface area contributed by atoms with Crippen LogP contribution >= 0.6 is 0 Å². The molecule has 0 bridgehead atoms. The normalized spacial score (nSPS) is 14.9. The highest BCUT2D eigenvalue weighted by Gasteiger charge is 2.09. The van der Waals surface area contributed by atoms with Crippen LogP contribution in [-0.2, 0) is 11.3 Å². The van der Waals surface area contributed by atoms with E-state index in [2.05, 4.69) is 5.32 Å². The number of nitrogens with one attached hydrogen (secondary N) is 1. The third-order valence-electron chi connectivity index (χ3n) is 2.75. The molecule has 0 aliphatic heterocycles. The number of rotatable bonds is 3. The number of carbonyl (C=O) groups is 1. The van der Waals surface area contributed by atoms with Gasteiger partial charge in [0.15, 0.2) is 0 Å². The van der Waals surface area contributed by atoms with Crippen LogP contribution < -0.4 is 5.32 Å². The van der Waals surface area contributed by atoms with E-state index in [-0.39, 0.29) is 6.09 Å². The first-order chi connectivity index (χ1) is 8.34. The molecule has 1 amide bonds. The van der Waals surface area contributed by atoms with Crippen molar-refractivity contribution >= 4 is 6.09 Å². The van der Waals surface area contributed by atoms with Crippen LogP contribution in [0.15, 0.2) is 42.2 Å². The predicted octanol–water partition coefficient (Wildman–Crippen LogP) is 3.37. The summed E-state index contributed by atoms with van der Waals surface area (Å²) >= 11 is 0. The van der Waals surface area contributed by atoms with Crippen molar-refractivity contribution in [1.29, 1.82) is 0 Å². The molecule has 0 spiro atoms. The van der Waals surface area contributed by atoms with Crippen LogP contribution in [0.4, 0.5) is 4.79 Å². The van der Waals surface area contributed by atoms with Gasteiger partial charge in [-0.15, -0.1) is 0 Å². The fourth-order valence-electron chi connectivity index (χ4n) is 1.83. The van der Waals surface area contributed by atoms with Gasteiger partial charge in [0, 0.05) is 13.0 Å². The molecular weight excluding hydrogens is 214 g/mol. The average Bonchev–Trinajstić information content (AvgIpc) is 2.39. The van der Waals surface area contributed by atoms with Crippen LogP contribution in [-0.4, -0.2) is 6.09 Å². The molecule has 0 heterocycles. The summed E-state index contributed by atoms with van der Waals surface area (Å²) in [5, 5.41) is 2.74. The molecule has 3 nitrogen and oxygen atoms in total. The van der Waals surface area contributed by atoms with Gasteiger partial charge >= 0.3 is 6.09 Å². The van der Waals surface area contributed by atoms with E-state index in [1.54, 1.807) is 0 Å². The summed E-state index contributed by atoms with van der Waals surface area (Å²) in [6.07, 6.45) is 5.84. The highest BCUT2D eigenvalue weighted by molar-refractivity contribution is 5.68. The van der Waals surface area contributed by atoms with Crippen molar-refractivity contribution in [2.24, 2.45) is 0 Å². The quantitative estimate of drug-likeness (QED) is 0.866. The smallest absolute Gasteiger partial charge is 0.412 e. The van der Waals surface area contributed by atoms with Crippen LogP contribution in [0.3, 0.4) is 0 Å². The van der Waals surface area contributed by atoms with Crippen LogP contribution in [0.25, 0.3) is 0 Å². The van der Waals surface area contributed by atoms with E-state index in [9.17, 15) is 4.79 Å². The molecular formula is C14H17NO2. The third kappa shape index (κ3) is 3.94. The van der Waals surface area contributed by atoms with E-state index in [1.165, 1.54) is 6.42 Å². The lowest BCUT2D eigenvalue weighted by Crippen LogP contribution is -2.23. The van der Waals surface area contributed by atoms with Gasteiger partial charge in [0.05, 0.1) is 0 Å². The molecule has 0 saturated heterocycles. The van der Waals surface area contributed by atoms with E-state index < -0.39 is 0 Å². The maximum Gasteiger partial charge on any atom is 0.412 e. The monoisotopic (exact) mass is 231 g/mol. The molecule has 17 heavy (non-hydrogen) atoms. The lowest BCUT2D eigenvalue weighted by molar-refractivity contribution is 0.170. The summed E-state index contributed by atoms with van der Waals surface area (Å²) in [5.74, 6) is 0.807. The maximum absolute atomic E-state index is 11.5. The van der Waals surface area contributed by atoms with Gasteiger partial charge in [-0.05, 0) is 30.9 Å². The molecule has 2 rings (SSSR count). The Morgan fingerprint density at radius 1 is 1.24 bits per heavy atom. The molecule has 0 saturated carbocycles. The molecule has 0 unspecified atom stereocenters. The molecule has 3 heteroatoms. The SMILES string of the molecule is O=C(NCc1ccccc1)OC1=CCCCC1. The molecule has 0 aromatic heterocycles. The molecule has 90 valence electrons. The average molecular weight is 231 g/mol. The van der Waals surface area contributed by atoms with Crippen molar-refractivity contribution in [2.75, 3.05) is 0 Å². The van der Waals surface area contributed by atoms with E-state index in [4.69, 9.17) is 4.74 Å². The van der Waals surface area contributed by atoms with Gasteiger partial charge in [0.2, 0.25) is 0 Å². The Morgan fingerprint density at radius 2 is 2.06 bits per heavy atom. The van der Waals surface area contributed by atoms with E-state index in [0.29, 0.717) is 6.54 Å². The zero-order valence-corrected chi connectivity index (χ0v) is 9.82. The lowest BCUT2D eigenvalue weighted by atomic mass is 10.1. The Kier molecular flexibility index (Phi) is 4.19. The Labute approximate surface area is 101 Å². The first-order valence-electron chi connectivity index (χ1n) is 6.03. The zero-order chi connectivity index (χ0) is 11.9. The Morgan fingerprint density at radius 3 is 2.76 bits per heavy atom. The molecule has 1 aromatic rings. The highest BCUT2D eigenvalue weighted by atomic mass is 16.6. The van der Waals surface area contributed by atoms with Gasteiger partial charge in [-0.1, -0.05) is 30.3 Å². The van der Waals surface area contributed by atoms with Crippen molar-refractivity contribution in [3.05, 3.63) is 47.7 Å². The van der Waals surface area contributed by atoms with Crippen molar-refractivity contribution in [3.8, 4) is 0 Å². The fraction of sp³-hybridized carbons (Fsp3) is 0.357. The van der Waals surface area contributed by atoms with E-state index in [1.807, 2.05) is 36.4 Å². The lowest BCUT2D eigenvalue weighted by Gasteiger charge is -2.13. The number of allylic oxidation sites excluding steroid dienone is 2. The van der Waals surface area contributed by atoms with E-state index >= 15 is 0 Å². The number of hydrogen-bond acceptors (Lipinski definition) is 2. The number of hydrogen-bond donors (Lipinski definition) is 1. The number of alkyl carbamates (subject to hydrolysis) is 1. The minimum atomic E-state index is -0.359. The number of carbonyl (C=O) groups excluding carboxylic acids is 1. The van der Waals surface area contributed by atoms with Crippen LogP contribution in [0, 0.1) is 0 Å². The highest BCUT2D eigenvalue weighted by Crippen LogP contribution is 2.18. The second-order valence-electron chi connectivity index (χ2n) is 4.14. The number of ether oxygens (including phenoxy) is 1. The molecule has 1 aromatic carbocycles. The summed E-state index contributed by atoms with van der Waals surface area (Å²) < 4.78 is 5.22. The van der Waals surface area contributed by atoms with Crippen molar-refractivity contribution in [1.82, 2.24) is 5.32 Å². The minimum Gasteiger partial charge on any atom is -0.415 e. The van der Waals surface area contributed by atoms with Gasteiger partial charge in [-0.25, -0.2) is 4.79 Å². The molecule has 0 atom stereocenters. The summed E-state index contributed by atoms with van der Waals surface area (Å²) in [5.41, 5.74) is 1.07. The fourth-order valence-corrected chi connectivity index (χ4v) is 1.83. The Balaban J connectivity index is 1.76. The summed E-state index contributed by atoms with van der Waals surface area (Å²) in [4.78, 5) is 11.5.